The number of nitrogens with one attached hydrogen (secondary N) is 1. The van der Waals surface area contributed by atoms with Crippen molar-refractivity contribution in [2.45, 2.75) is 0 Å². The maximum Gasteiger partial charge on any atom is 0.257 e. The average Bonchev–Trinajstić information content (AvgIpc) is 2.70. The van der Waals surface area contributed by atoms with Gasteiger partial charge in [0.2, 0.25) is 0 Å². The Morgan fingerprint density at radius 2 is 1.81 bits per heavy atom. The van der Waals surface area contributed by atoms with E-state index in [2.05, 4.69) is 26.2 Å². The molecule has 132 valence electrons. The van der Waals surface area contributed by atoms with E-state index in [1.54, 1.807) is 6.20 Å². The number of halogens is 1. The second kappa shape index (κ2) is 7.68. The van der Waals surface area contributed by atoms with Crippen molar-refractivity contribution in [1.29, 1.82) is 0 Å². The molecule has 1 fully saturated rings. The summed E-state index contributed by atoms with van der Waals surface area (Å²) in [5.41, 5.74) is 3.22. The van der Waals surface area contributed by atoms with Crippen LogP contribution in [0.5, 0.6) is 0 Å². The summed E-state index contributed by atoms with van der Waals surface area (Å²) in [5, 5.41) is 4.41. The van der Waals surface area contributed by atoms with Gasteiger partial charge in [-0.1, -0.05) is 30.3 Å². The molecule has 0 saturated carbocycles. The number of carbonyl (C=O) groups excluding carboxylic acids is 1. The number of fused-ring (bicyclic) bond motifs is 1. The second-order valence-electron chi connectivity index (χ2n) is 6.07. The van der Waals surface area contributed by atoms with Crippen LogP contribution < -0.4 is 5.32 Å². The fourth-order valence-corrected chi connectivity index (χ4v) is 4.36. The molecule has 0 aliphatic carbocycles. The Labute approximate surface area is 165 Å². The number of amides is 1. The van der Waals surface area contributed by atoms with Crippen LogP contribution in [0.15, 0.2) is 59.2 Å². The van der Waals surface area contributed by atoms with Crippen molar-refractivity contribution in [2.24, 2.45) is 0 Å². The first kappa shape index (κ1) is 17.4. The third kappa shape index (κ3) is 3.44. The summed E-state index contributed by atoms with van der Waals surface area (Å²) in [6, 6.07) is 15.8. The lowest BCUT2D eigenvalue weighted by Crippen LogP contribution is -2.38. The van der Waals surface area contributed by atoms with E-state index in [1.165, 1.54) is 0 Å². The summed E-state index contributed by atoms with van der Waals surface area (Å²) in [4.78, 5) is 19.6. The number of anilines is 2. The Morgan fingerprint density at radius 1 is 1.08 bits per heavy atom. The fraction of sp³-hybridized carbons (Fsp3) is 0.200. The van der Waals surface area contributed by atoms with Crippen LogP contribution in [-0.4, -0.2) is 40.4 Å². The van der Waals surface area contributed by atoms with Gasteiger partial charge < -0.3 is 10.2 Å². The number of hydrogen-bond acceptors (Lipinski definition) is 4. The van der Waals surface area contributed by atoms with Gasteiger partial charge in [0, 0.05) is 40.7 Å². The van der Waals surface area contributed by atoms with Crippen LogP contribution >= 0.6 is 27.7 Å². The van der Waals surface area contributed by atoms with Crippen LogP contribution in [0, 0.1) is 0 Å². The Bertz CT molecular complexity index is 957. The SMILES string of the molecule is O=C(c1cnc2ccccc2c1Nc1ccccc1Br)N1CCSCC1. The predicted octanol–water partition coefficient (Wildman–Crippen LogP) is 4.93. The molecular weight excluding hydrogens is 410 g/mol. The first-order chi connectivity index (χ1) is 12.7. The smallest absolute Gasteiger partial charge is 0.257 e. The number of rotatable bonds is 3. The van der Waals surface area contributed by atoms with Crippen LogP contribution in [0.3, 0.4) is 0 Å². The van der Waals surface area contributed by atoms with Gasteiger partial charge >= 0.3 is 0 Å². The maximum absolute atomic E-state index is 13.2. The zero-order valence-corrected chi connectivity index (χ0v) is 16.5. The van der Waals surface area contributed by atoms with E-state index < -0.39 is 0 Å². The minimum atomic E-state index is 0.0399. The molecule has 0 spiro atoms. The third-order valence-corrected chi connectivity index (χ3v) is 6.07. The molecule has 1 saturated heterocycles. The minimum Gasteiger partial charge on any atom is -0.353 e. The molecule has 4 nitrogen and oxygen atoms in total. The lowest BCUT2D eigenvalue weighted by molar-refractivity contribution is 0.0773. The highest BCUT2D eigenvalue weighted by molar-refractivity contribution is 9.10. The van der Waals surface area contributed by atoms with E-state index in [9.17, 15) is 4.79 Å². The molecule has 4 rings (SSSR count). The highest BCUT2D eigenvalue weighted by Gasteiger charge is 2.23. The van der Waals surface area contributed by atoms with Crippen molar-refractivity contribution in [3.8, 4) is 0 Å². The van der Waals surface area contributed by atoms with Crippen LogP contribution in [0.25, 0.3) is 10.9 Å². The van der Waals surface area contributed by atoms with Gasteiger partial charge in [-0.3, -0.25) is 9.78 Å². The van der Waals surface area contributed by atoms with Crippen LogP contribution in [-0.2, 0) is 0 Å². The summed E-state index contributed by atoms with van der Waals surface area (Å²) in [7, 11) is 0. The highest BCUT2D eigenvalue weighted by Crippen LogP contribution is 2.33. The molecule has 1 aromatic heterocycles. The quantitative estimate of drug-likeness (QED) is 0.643. The van der Waals surface area contributed by atoms with Crippen LogP contribution in [0.4, 0.5) is 11.4 Å². The van der Waals surface area contributed by atoms with Gasteiger partial charge in [-0.25, -0.2) is 0 Å². The van der Waals surface area contributed by atoms with E-state index in [4.69, 9.17) is 0 Å². The topological polar surface area (TPSA) is 45.2 Å². The molecule has 0 bridgehead atoms. The number of benzene rings is 2. The van der Waals surface area contributed by atoms with Gasteiger partial charge in [0.1, 0.15) is 0 Å². The number of para-hydroxylation sites is 2. The van der Waals surface area contributed by atoms with Crippen molar-refractivity contribution in [3.05, 3.63) is 64.8 Å². The fourth-order valence-electron chi connectivity index (χ4n) is 3.07. The van der Waals surface area contributed by atoms with Gasteiger partial charge in [-0.05, 0) is 34.1 Å². The Kier molecular flexibility index (Phi) is 5.13. The number of thioether (sulfide) groups is 1. The molecule has 1 aliphatic heterocycles. The molecule has 0 atom stereocenters. The molecule has 0 radical (unpaired) electrons. The molecule has 26 heavy (non-hydrogen) atoms. The van der Waals surface area contributed by atoms with Crippen LogP contribution in [0.1, 0.15) is 10.4 Å². The van der Waals surface area contributed by atoms with Crippen molar-refractivity contribution in [3.63, 3.8) is 0 Å². The molecule has 1 amide bonds. The molecule has 3 aromatic rings. The number of carbonyl (C=O) groups is 1. The van der Waals surface area contributed by atoms with Crippen molar-refractivity contribution in [1.82, 2.24) is 9.88 Å². The van der Waals surface area contributed by atoms with Gasteiger partial charge in [-0.15, -0.1) is 0 Å². The number of nitrogens with zero attached hydrogens (tertiary/aromatic N) is 2. The first-order valence-electron chi connectivity index (χ1n) is 8.50. The molecule has 1 N–H and O–H groups in total. The molecule has 2 aromatic carbocycles. The largest absolute Gasteiger partial charge is 0.353 e. The number of aromatic nitrogens is 1. The second-order valence-corrected chi connectivity index (χ2v) is 8.15. The number of hydrogen-bond donors (Lipinski definition) is 1. The summed E-state index contributed by atoms with van der Waals surface area (Å²) < 4.78 is 0.952. The van der Waals surface area contributed by atoms with E-state index in [0.717, 1.165) is 51.3 Å². The molecule has 1 aliphatic rings. The maximum atomic E-state index is 13.2. The summed E-state index contributed by atoms with van der Waals surface area (Å²) in [6.07, 6.45) is 1.70. The van der Waals surface area contributed by atoms with E-state index >= 15 is 0 Å². The zero-order valence-electron chi connectivity index (χ0n) is 14.1. The average molecular weight is 428 g/mol. The van der Waals surface area contributed by atoms with Gasteiger partial charge in [0.15, 0.2) is 0 Å². The molecule has 6 heteroatoms. The minimum absolute atomic E-state index is 0.0399. The van der Waals surface area contributed by atoms with E-state index in [-0.39, 0.29) is 5.91 Å². The lowest BCUT2D eigenvalue weighted by Gasteiger charge is -2.27. The molecular formula is C20H18BrN3OS. The highest BCUT2D eigenvalue weighted by atomic mass is 79.9. The van der Waals surface area contributed by atoms with Crippen LogP contribution in [0.2, 0.25) is 0 Å². The van der Waals surface area contributed by atoms with Gasteiger partial charge in [-0.2, -0.15) is 11.8 Å². The molecule has 2 heterocycles. The van der Waals surface area contributed by atoms with Crippen molar-refractivity contribution < 1.29 is 4.79 Å². The zero-order chi connectivity index (χ0) is 17.9. The predicted molar refractivity (Wildman–Crippen MR) is 112 cm³/mol. The van der Waals surface area contributed by atoms with Gasteiger partial charge in [0.25, 0.3) is 5.91 Å². The Morgan fingerprint density at radius 3 is 2.62 bits per heavy atom. The van der Waals surface area contributed by atoms with Crippen molar-refractivity contribution in [2.75, 3.05) is 29.9 Å². The van der Waals surface area contributed by atoms with Crippen molar-refractivity contribution >= 4 is 55.9 Å². The molecule has 0 unspecified atom stereocenters. The summed E-state index contributed by atoms with van der Waals surface area (Å²) in [6.45, 7) is 1.57. The normalized spacial score (nSPS) is 14.4. The first-order valence-corrected chi connectivity index (χ1v) is 10.4. The summed E-state index contributed by atoms with van der Waals surface area (Å²) >= 11 is 5.47. The Balaban J connectivity index is 1.81. The van der Waals surface area contributed by atoms with E-state index in [1.807, 2.05) is 65.2 Å². The van der Waals surface area contributed by atoms with Gasteiger partial charge in [0.05, 0.1) is 22.5 Å². The summed E-state index contributed by atoms with van der Waals surface area (Å²) in [5.74, 6) is 2.01. The van der Waals surface area contributed by atoms with E-state index in [0.29, 0.717) is 5.56 Å². The Hall–Kier alpha value is -2.05. The standard InChI is InChI=1S/C20H18BrN3OS/c21-16-6-2-4-8-18(16)23-19-14-5-1-3-7-17(14)22-13-15(19)20(25)24-9-11-26-12-10-24/h1-8,13H,9-12H2,(H,22,23). The number of pyridine rings is 1. The monoisotopic (exact) mass is 427 g/mol. The lowest BCUT2D eigenvalue weighted by atomic mass is 10.1. The third-order valence-electron chi connectivity index (χ3n) is 4.44.